The molecular formula is C35H68O14Si4. The molecule has 3 N–H and O–H groups in total. The summed E-state index contributed by atoms with van der Waals surface area (Å²) in [4.78, 5) is 33.7. The Labute approximate surface area is 321 Å². The van der Waals surface area contributed by atoms with Crippen LogP contribution in [0.3, 0.4) is 0 Å². The van der Waals surface area contributed by atoms with Crippen molar-refractivity contribution in [1.29, 1.82) is 0 Å². The Bertz CT molecular complexity index is 1110. The van der Waals surface area contributed by atoms with Gasteiger partial charge in [-0.05, 0) is 69.8 Å². The number of ether oxygens (including phenoxy) is 6. The second-order valence-corrected chi connectivity index (χ2v) is 33.2. The van der Waals surface area contributed by atoms with Gasteiger partial charge < -0.3 is 52.0 Å². The van der Waals surface area contributed by atoms with Crippen LogP contribution in [0.2, 0.25) is 69.6 Å². The molecule has 0 saturated heterocycles. The van der Waals surface area contributed by atoms with Crippen LogP contribution >= 0.6 is 0 Å². The predicted molar refractivity (Wildman–Crippen MR) is 213 cm³/mol. The van der Waals surface area contributed by atoms with Gasteiger partial charge in [-0.3, -0.25) is 0 Å². The zero-order valence-electron chi connectivity index (χ0n) is 33.2. The lowest BCUT2D eigenvalue weighted by molar-refractivity contribution is -0.142. The van der Waals surface area contributed by atoms with Crippen LogP contribution < -0.4 is 0 Å². The lowest BCUT2D eigenvalue weighted by atomic mass is 10.4. The van der Waals surface area contributed by atoms with Crippen LogP contribution in [0.15, 0.2) is 38.0 Å². The molecule has 0 aromatic heterocycles. The van der Waals surface area contributed by atoms with E-state index < -0.39 is 69.5 Å². The van der Waals surface area contributed by atoms with E-state index >= 15 is 0 Å². The molecule has 0 fully saturated rings. The zero-order valence-corrected chi connectivity index (χ0v) is 37.2. The number of esters is 3. The van der Waals surface area contributed by atoms with Gasteiger partial charge in [0.25, 0.3) is 0 Å². The average molecular weight is 825 g/mol. The van der Waals surface area contributed by atoms with Crippen LogP contribution in [-0.4, -0.2) is 144 Å². The fraction of sp³-hybridized carbons (Fsp3) is 0.743. The fourth-order valence-corrected chi connectivity index (χ4v) is 30.8. The summed E-state index contributed by atoms with van der Waals surface area (Å²) in [6.07, 6.45) is 2.72. The summed E-state index contributed by atoms with van der Waals surface area (Å²) in [5.74, 6) is -1.78. The van der Waals surface area contributed by atoms with E-state index in [2.05, 4.69) is 65.6 Å². The van der Waals surface area contributed by atoms with Gasteiger partial charge in [0, 0.05) is 46.1 Å². The van der Waals surface area contributed by atoms with Crippen LogP contribution in [0.4, 0.5) is 0 Å². The van der Waals surface area contributed by atoms with Crippen LogP contribution in [0.5, 0.6) is 0 Å². The molecule has 4 unspecified atom stereocenters. The van der Waals surface area contributed by atoms with Crippen molar-refractivity contribution in [3.8, 4) is 0 Å². The van der Waals surface area contributed by atoms with Crippen LogP contribution in [0.1, 0.15) is 19.3 Å². The standard InChI is InChI=1S/C35H68O14Si4/c1-11-33(39)45-26-30(36)23-42-17-14-20-50(4,5)29-53(10,22-16-19-44-25-32(38)28-47-35(41)13-3)49-52(8,9)48-51(6,7)21-15-18-43-24-31(37)27-46-34(40)12-2/h11-13,30-32,36-38H,1-3,14-29H2,4-10H3. The van der Waals surface area contributed by atoms with Gasteiger partial charge in [0.05, 0.1) is 19.8 Å². The molecule has 0 aliphatic carbocycles. The van der Waals surface area contributed by atoms with Gasteiger partial charge in [-0.15, -0.1) is 0 Å². The minimum Gasteiger partial charge on any atom is -0.460 e. The summed E-state index contributed by atoms with van der Waals surface area (Å²) in [6.45, 7) is 26.7. The maximum atomic E-state index is 11.3. The van der Waals surface area contributed by atoms with Crippen LogP contribution in [-0.2, 0) is 51.0 Å². The molecular weight excluding hydrogens is 757 g/mol. The summed E-state index contributed by atoms with van der Waals surface area (Å²) < 4.78 is 45.6. The third-order valence-electron chi connectivity index (χ3n) is 7.76. The first-order valence-electron chi connectivity index (χ1n) is 18.2. The molecule has 53 heavy (non-hydrogen) atoms. The summed E-state index contributed by atoms with van der Waals surface area (Å²) in [5.41, 5.74) is 1.00. The minimum absolute atomic E-state index is 0.0454. The van der Waals surface area contributed by atoms with Crippen molar-refractivity contribution >= 4 is 51.2 Å². The Morgan fingerprint density at radius 3 is 1.28 bits per heavy atom. The Morgan fingerprint density at radius 1 is 0.547 bits per heavy atom. The molecule has 0 rings (SSSR count). The maximum Gasteiger partial charge on any atom is 0.330 e. The zero-order chi connectivity index (χ0) is 40.6. The molecule has 0 amide bonds. The quantitative estimate of drug-likeness (QED) is 0.0281. The Kier molecular flexibility index (Phi) is 26.0. The topological polar surface area (TPSA) is 186 Å². The van der Waals surface area contributed by atoms with Crippen molar-refractivity contribution in [1.82, 2.24) is 0 Å². The fourth-order valence-electron chi connectivity index (χ4n) is 5.92. The first-order chi connectivity index (χ1) is 24.7. The molecule has 0 aliphatic heterocycles. The van der Waals surface area contributed by atoms with E-state index in [1.54, 1.807) is 0 Å². The van der Waals surface area contributed by atoms with Gasteiger partial charge >= 0.3 is 26.5 Å². The highest BCUT2D eigenvalue weighted by Crippen LogP contribution is 2.33. The molecule has 0 heterocycles. The van der Waals surface area contributed by atoms with Crippen molar-refractivity contribution < 1.29 is 66.4 Å². The number of hydrogen-bond acceptors (Lipinski definition) is 14. The molecule has 0 aromatic rings. The van der Waals surface area contributed by atoms with E-state index in [1.165, 1.54) is 0 Å². The molecule has 308 valence electrons. The van der Waals surface area contributed by atoms with Crippen molar-refractivity contribution in [2.24, 2.45) is 0 Å². The van der Waals surface area contributed by atoms with Gasteiger partial charge in [-0.1, -0.05) is 38.9 Å². The summed E-state index contributed by atoms with van der Waals surface area (Å²) in [7, 11) is -8.90. The smallest absolute Gasteiger partial charge is 0.330 e. The van der Waals surface area contributed by atoms with E-state index in [1.807, 2.05) is 0 Å². The maximum absolute atomic E-state index is 11.3. The molecule has 18 heteroatoms. The van der Waals surface area contributed by atoms with E-state index in [-0.39, 0.29) is 39.6 Å². The Hall–Kier alpha value is -1.82. The summed E-state index contributed by atoms with van der Waals surface area (Å²) in [5, 5.41) is 30.1. The normalized spacial score (nSPS) is 15.1. The molecule has 0 radical (unpaired) electrons. The molecule has 14 nitrogen and oxygen atoms in total. The molecule has 4 atom stereocenters. The van der Waals surface area contributed by atoms with Crippen LogP contribution in [0.25, 0.3) is 0 Å². The Morgan fingerprint density at radius 2 is 0.906 bits per heavy atom. The van der Waals surface area contributed by atoms with E-state index in [0.29, 0.717) is 19.8 Å². The second kappa shape index (κ2) is 26.9. The highest BCUT2D eigenvalue weighted by Gasteiger charge is 2.44. The van der Waals surface area contributed by atoms with Crippen molar-refractivity contribution in [3.63, 3.8) is 0 Å². The Balaban J connectivity index is 5.25. The monoisotopic (exact) mass is 824 g/mol. The summed E-state index contributed by atoms with van der Waals surface area (Å²) >= 11 is 0. The lowest BCUT2D eigenvalue weighted by Crippen LogP contribution is -2.55. The van der Waals surface area contributed by atoms with Gasteiger partial charge in [0.15, 0.2) is 16.6 Å². The van der Waals surface area contributed by atoms with Crippen molar-refractivity contribution in [2.45, 2.75) is 107 Å². The third kappa shape index (κ3) is 28.3. The SMILES string of the molecule is C=CC(=O)OCC(O)COCCC[Si](C)(C)C[Si](C)(CCCOCC(O)COC(=O)C=C)O[Si](C)(C)O[Si](C)(C)CCCOCC(O)COC(=O)C=C. The van der Waals surface area contributed by atoms with Crippen LogP contribution in [0, 0.1) is 0 Å². The summed E-state index contributed by atoms with van der Waals surface area (Å²) in [6, 6.07) is 2.69. The lowest BCUT2D eigenvalue weighted by Gasteiger charge is -2.43. The van der Waals surface area contributed by atoms with E-state index in [0.717, 1.165) is 61.3 Å². The van der Waals surface area contributed by atoms with Gasteiger partial charge in [-0.25, -0.2) is 14.4 Å². The number of aliphatic hydroxyl groups excluding tert-OH is 3. The first kappa shape index (κ1) is 51.2. The molecule has 0 saturated carbocycles. The van der Waals surface area contributed by atoms with Crippen molar-refractivity contribution in [3.05, 3.63) is 38.0 Å². The average Bonchev–Trinajstić information content (AvgIpc) is 3.06. The number of rotatable bonds is 33. The largest absolute Gasteiger partial charge is 0.460 e. The first-order valence-corrected chi connectivity index (χ1v) is 30.4. The van der Waals surface area contributed by atoms with Gasteiger partial charge in [-0.2, -0.15) is 0 Å². The third-order valence-corrected chi connectivity index (χ3v) is 27.4. The van der Waals surface area contributed by atoms with Gasteiger partial charge in [0.2, 0.25) is 0 Å². The number of aliphatic hydroxyl groups is 3. The highest BCUT2D eigenvalue weighted by atomic mass is 28.5. The minimum atomic E-state index is -2.60. The van der Waals surface area contributed by atoms with Crippen molar-refractivity contribution in [2.75, 3.05) is 59.5 Å². The molecule has 0 aliphatic rings. The second-order valence-electron chi connectivity index (χ2n) is 15.2. The number of hydrogen-bond donors (Lipinski definition) is 3. The predicted octanol–water partition coefficient (Wildman–Crippen LogP) is 4.24. The molecule has 0 bridgehead atoms. The van der Waals surface area contributed by atoms with E-state index in [4.69, 9.17) is 36.7 Å². The number of carbonyl (C=O) groups is 3. The van der Waals surface area contributed by atoms with Gasteiger partial charge in [0.1, 0.15) is 38.1 Å². The van der Waals surface area contributed by atoms with E-state index in [9.17, 15) is 29.7 Å². The molecule has 0 spiro atoms. The number of carbonyl (C=O) groups excluding carboxylic acids is 3. The molecule has 0 aromatic carbocycles. The highest BCUT2D eigenvalue weighted by molar-refractivity contribution is 6.96.